The average molecular weight is 396 g/mol. The molecule has 0 unspecified atom stereocenters. The fourth-order valence-electron chi connectivity index (χ4n) is 2.53. The highest BCUT2D eigenvalue weighted by Gasteiger charge is 2.38. The van der Waals surface area contributed by atoms with Gasteiger partial charge >= 0.3 is 11.9 Å². The van der Waals surface area contributed by atoms with E-state index in [0.717, 1.165) is 0 Å². The Hall–Kier alpha value is -3.81. The fourth-order valence-corrected chi connectivity index (χ4v) is 2.53. The second kappa shape index (κ2) is 8.05. The third kappa shape index (κ3) is 4.92. The molecule has 2 N–H and O–H groups in total. The number of esters is 2. The zero-order chi connectivity index (χ0) is 21.0. The van der Waals surface area contributed by atoms with E-state index in [0.29, 0.717) is 22.7 Å². The minimum absolute atomic E-state index is 0.203. The van der Waals surface area contributed by atoms with Crippen molar-refractivity contribution in [1.29, 1.82) is 0 Å². The van der Waals surface area contributed by atoms with Crippen LogP contribution in [0.15, 0.2) is 60.3 Å². The molecule has 0 aliphatic carbocycles. The maximum atomic E-state index is 11.9. The lowest BCUT2D eigenvalue weighted by atomic mass is 10.2. The molecule has 29 heavy (non-hydrogen) atoms. The van der Waals surface area contributed by atoms with Crippen molar-refractivity contribution in [3.63, 3.8) is 0 Å². The van der Waals surface area contributed by atoms with Gasteiger partial charge in [-0.2, -0.15) is 0 Å². The van der Waals surface area contributed by atoms with E-state index in [1.807, 2.05) is 0 Å². The minimum atomic E-state index is -1.28. The summed E-state index contributed by atoms with van der Waals surface area (Å²) >= 11 is 0. The van der Waals surface area contributed by atoms with Crippen LogP contribution in [0, 0.1) is 0 Å². The molecule has 1 saturated heterocycles. The van der Waals surface area contributed by atoms with Gasteiger partial charge < -0.3 is 24.8 Å². The Labute approximate surface area is 167 Å². The number of amides is 1. The van der Waals surface area contributed by atoms with Crippen LogP contribution in [0.2, 0.25) is 0 Å². The minimum Gasteiger partial charge on any atom is -0.457 e. The van der Waals surface area contributed by atoms with Crippen LogP contribution in [-0.2, 0) is 19.1 Å². The molecule has 1 aliphatic heterocycles. The van der Waals surface area contributed by atoms with Gasteiger partial charge in [-0.15, -0.1) is 0 Å². The first-order valence-corrected chi connectivity index (χ1v) is 8.81. The maximum absolute atomic E-state index is 11.9. The molecule has 1 heterocycles. The number of anilines is 1. The molecule has 8 nitrogen and oxygen atoms in total. The number of benzene rings is 2. The molecular weight excluding hydrogens is 376 g/mol. The molecule has 0 spiro atoms. The van der Waals surface area contributed by atoms with E-state index in [-0.39, 0.29) is 11.5 Å². The second-order valence-corrected chi connectivity index (χ2v) is 6.61. The predicted octanol–water partition coefficient (Wildman–Crippen LogP) is 2.97. The Bertz CT molecular complexity index is 957. The monoisotopic (exact) mass is 396 g/mol. The number of cyclic esters (lactones) is 2. The lowest BCUT2D eigenvalue weighted by Crippen LogP contribution is -2.42. The van der Waals surface area contributed by atoms with Gasteiger partial charge in [0.2, 0.25) is 0 Å². The zero-order valence-corrected chi connectivity index (χ0v) is 16.1. The summed E-state index contributed by atoms with van der Waals surface area (Å²) in [4.78, 5) is 35.5. The van der Waals surface area contributed by atoms with Crippen LogP contribution in [0.1, 0.15) is 24.2 Å². The van der Waals surface area contributed by atoms with Gasteiger partial charge in [0.05, 0.1) is 0 Å². The molecule has 8 heteroatoms. The first-order chi connectivity index (χ1) is 13.8. The Kier molecular flexibility index (Phi) is 5.54. The highest BCUT2D eigenvalue weighted by molar-refractivity contribution is 6.15. The Morgan fingerprint density at radius 1 is 1.00 bits per heavy atom. The van der Waals surface area contributed by atoms with E-state index >= 15 is 0 Å². The predicted molar refractivity (Wildman–Crippen MR) is 104 cm³/mol. The van der Waals surface area contributed by atoms with Crippen molar-refractivity contribution >= 4 is 23.5 Å². The number of ether oxygens (including phenoxy) is 3. The molecule has 2 aromatic rings. The smallest absolute Gasteiger partial charge is 0.350 e. The summed E-state index contributed by atoms with van der Waals surface area (Å²) in [5.74, 6) is -1.92. The normalized spacial score (nSPS) is 15.1. The van der Waals surface area contributed by atoms with Gasteiger partial charge in [-0.1, -0.05) is 6.07 Å². The first-order valence-electron chi connectivity index (χ1n) is 8.81. The van der Waals surface area contributed by atoms with Crippen LogP contribution in [0.25, 0.3) is 0 Å². The van der Waals surface area contributed by atoms with Crippen LogP contribution < -0.4 is 15.4 Å². The van der Waals surface area contributed by atoms with Gasteiger partial charge in [0, 0.05) is 38.3 Å². The van der Waals surface area contributed by atoms with Crippen molar-refractivity contribution in [3.8, 4) is 11.5 Å². The number of rotatable bonds is 5. The number of nitrogens with one attached hydrogen (secondary N) is 2. The van der Waals surface area contributed by atoms with Gasteiger partial charge in [0.25, 0.3) is 11.7 Å². The molecule has 0 aromatic heterocycles. The van der Waals surface area contributed by atoms with E-state index in [9.17, 15) is 14.4 Å². The number of hydrogen-bond acceptors (Lipinski definition) is 7. The summed E-state index contributed by atoms with van der Waals surface area (Å²) in [6.07, 6.45) is 1.24. The van der Waals surface area contributed by atoms with Crippen molar-refractivity contribution < 1.29 is 28.6 Å². The van der Waals surface area contributed by atoms with Crippen molar-refractivity contribution in [2.45, 2.75) is 19.6 Å². The molecule has 0 radical (unpaired) electrons. The number of carbonyl (C=O) groups is 3. The summed E-state index contributed by atoms with van der Waals surface area (Å²) in [5.41, 5.74) is 0.884. The van der Waals surface area contributed by atoms with E-state index in [1.165, 1.54) is 20.0 Å². The highest BCUT2D eigenvalue weighted by atomic mass is 16.7. The molecule has 3 rings (SSSR count). The topological polar surface area (TPSA) is 103 Å². The van der Waals surface area contributed by atoms with Crippen LogP contribution in [0.5, 0.6) is 11.5 Å². The molecule has 2 aromatic carbocycles. The summed E-state index contributed by atoms with van der Waals surface area (Å²) in [6, 6.07) is 13.6. The third-order valence-corrected chi connectivity index (χ3v) is 3.91. The fraction of sp³-hybridized carbons (Fsp3) is 0.190. The van der Waals surface area contributed by atoms with E-state index in [1.54, 1.807) is 55.6 Å². The first kappa shape index (κ1) is 19.9. The van der Waals surface area contributed by atoms with Gasteiger partial charge in [-0.25, -0.2) is 9.59 Å². The highest BCUT2D eigenvalue weighted by Crippen LogP contribution is 2.25. The summed E-state index contributed by atoms with van der Waals surface area (Å²) in [6.45, 7) is 2.96. The van der Waals surface area contributed by atoms with E-state index in [4.69, 9.17) is 14.2 Å². The summed E-state index contributed by atoms with van der Waals surface area (Å²) in [5, 5.41) is 5.41. The Morgan fingerprint density at radius 3 is 2.28 bits per heavy atom. The summed E-state index contributed by atoms with van der Waals surface area (Å²) < 4.78 is 15.8. The molecule has 1 fully saturated rings. The molecular formula is C21H20N2O6. The van der Waals surface area contributed by atoms with Crippen molar-refractivity contribution in [2.24, 2.45) is 0 Å². The largest absolute Gasteiger partial charge is 0.457 e. The van der Waals surface area contributed by atoms with Crippen LogP contribution >= 0.6 is 0 Å². The van der Waals surface area contributed by atoms with Crippen molar-refractivity contribution in [1.82, 2.24) is 5.32 Å². The van der Waals surface area contributed by atoms with Gasteiger partial charge in [0.15, 0.2) is 5.57 Å². The molecule has 1 amide bonds. The van der Waals surface area contributed by atoms with E-state index < -0.39 is 17.7 Å². The molecule has 0 bridgehead atoms. The third-order valence-electron chi connectivity index (χ3n) is 3.91. The maximum Gasteiger partial charge on any atom is 0.350 e. The quantitative estimate of drug-likeness (QED) is 0.455. The number of hydrogen-bond donors (Lipinski definition) is 2. The SMILES string of the molecule is CNC(=O)c1cccc(Oc2ccc(NC=C3C(=O)OC(C)(C)OC3=O)cc2)c1. The van der Waals surface area contributed by atoms with Crippen LogP contribution in [0.4, 0.5) is 5.69 Å². The zero-order valence-electron chi connectivity index (χ0n) is 16.1. The van der Waals surface area contributed by atoms with Crippen LogP contribution in [0.3, 0.4) is 0 Å². The Balaban J connectivity index is 1.66. The van der Waals surface area contributed by atoms with Crippen LogP contribution in [-0.4, -0.2) is 30.7 Å². The molecule has 1 aliphatic rings. The molecule has 0 atom stereocenters. The van der Waals surface area contributed by atoms with Gasteiger partial charge in [-0.3, -0.25) is 4.79 Å². The molecule has 0 saturated carbocycles. The standard InChI is InChI=1S/C21H20N2O6/c1-21(2)28-19(25)17(20(26)29-21)12-23-14-7-9-15(10-8-14)27-16-6-4-5-13(11-16)18(24)22-3/h4-12,23H,1-3H3,(H,22,24). The molecule has 150 valence electrons. The van der Waals surface area contributed by atoms with Gasteiger partial charge in [-0.05, 0) is 42.5 Å². The average Bonchev–Trinajstić information content (AvgIpc) is 2.67. The van der Waals surface area contributed by atoms with E-state index in [2.05, 4.69) is 10.6 Å². The lowest BCUT2D eigenvalue weighted by Gasteiger charge is -2.29. The number of carbonyl (C=O) groups excluding carboxylic acids is 3. The Morgan fingerprint density at radius 2 is 1.66 bits per heavy atom. The van der Waals surface area contributed by atoms with Crippen molar-refractivity contribution in [2.75, 3.05) is 12.4 Å². The second-order valence-electron chi connectivity index (χ2n) is 6.61. The summed E-state index contributed by atoms with van der Waals surface area (Å²) in [7, 11) is 1.56. The van der Waals surface area contributed by atoms with Gasteiger partial charge in [0.1, 0.15) is 11.5 Å². The van der Waals surface area contributed by atoms with Crippen molar-refractivity contribution in [3.05, 3.63) is 65.9 Å². The lowest BCUT2D eigenvalue weighted by molar-refractivity contribution is -0.222.